The molecular formula is C25H24N2O2. The summed E-state index contributed by atoms with van der Waals surface area (Å²) in [7, 11) is 0. The Balaban J connectivity index is 1.59. The molecule has 4 heteroatoms. The number of hydrogen-bond acceptors (Lipinski definition) is 2. The second-order valence-electron chi connectivity index (χ2n) is 8.17. The van der Waals surface area contributed by atoms with Crippen LogP contribution in [0.3, 0.4) is 0 Å². The highest BCUT2D eigenvalue weighted by Gasteiger charge is 2.18. The number of carboxylic acid groups (broad SMARTS) is 1. The normalized spacial score (nSPS) is 14.8. The fourth-order valence-corrected chi connectivity index (χ4v) is 4.73. The van der Waals surface area contributed by atoms with Crippen LogP contribution in [-0.2, 0) is 17.8 Å². The Labute approximate surface area is 169 Å². The lowest BCUT2D eigenvalue weighted by atomic mass is 10.00. The predicted molar refractivity (Wildman–Crippen MR) is 116 cm³/mol. The predicted octanol–water partition coefficient (Wildman–Crippen LogP) is 5.67. The zero-order chi connectivity index (χ0) is 19.8. The van der Waals surface area contributed by atoms with Crippen molar-refractivity contribution in [3.05, 3.63) is 66.5 Å². The molecule has 0 radical (unpaired) electrons. The van der Waals surface area contributed by atoms with Crippen molar-refractivity contribution in [1.29, 1.82) is 0 Å². The molecule has 0 spiro atoms. The Morgan fingerprint density at radius 3 is 2.69 bits per heavy atom. The summed E-state index contributed by atoms with van der Waals surface area (Å²) in [5, 5.41) is 11.6. The van der Waals surface area contributed by atoms with E-state index < -0.39 is 5.97 Å². The number of fused-ring (bicyclic) bond motifs is 2. The van der Waals surface area contributed by atoms with Crippen LogP contribution < -0.4 is 0 Å². The molecule has 1 saturated carbocycles. The maximum absolute atomic E-state index is 11.5. The smallest absolute Gasteiger partial charge is 0.307 e. The van der Waals surface area contributed by atoms with E-state index in [1.54, 1.807) is 6.20 Å². The Kier molecular flexibility index (Phi) is 4.55. The van der Waals surface area contributed by atoms with E-state index in [0.717, 1.165) is 45.0 Å². The van der Waals surface area contributed by atoms with Crippen molar-refractivity contribution in [3.8, 4) is 11.1 Å². The second kappa shape index (κ2) is 7.36. The van der Waals surface area contributed by atoms with Gasteiger partial charge in [-0.25, -0.2) is 0 Å². The van der Waals surface area contributed by atoms with Gasteiger partial charge in [-0.15, -0.1) is 0 Å². The molecule has 4 nitrogen and oxygen atoms in total. The van der Waals surface area contributed by atoms with Gasteiger partial charge in [0.25, 0.3) is 0 Å². The molecule has 4 aromatic rings. The summed E-state index contributed by atoms with van der Waals surface area (Å²) in [6, 6.07) is 16.7. The first kappa shape index (κ1) is 17.9. The summed E-state index contributed by atoms with van der Waals surface area (Å²) in [5.41, 5.74) is 5.24. The first-order valence-electron chi connectivity index (χ1n) is 10.4. The molecular weight excluding hydrogens is 360 g/mol. The fraction of sp³-hybridized carbons (Fsp3) is 0.280. The highest BCUT2D eigenvalue weighted by molar-refractivity contribution is 5.92. The molecule has 2 heterocycles. The minimum absolute atomic E-state index is 0.0548. The van der Waals surface area contributed by atoms with Crippen LogP contribution in [0.5, 0.6) is 0 Å². The number of nitrogens with zero attached hydrogens (tertiary/aromatic N) is 2. The van der Waals surface area contributed by atoms with E-state index in [4.69, 9.17) is 0 Å². The number of pyridine rings is 1. The third-order valence-electron chi connectivity index (χ3n) is 6.17. The van der Waals surface area contributed by atoms with E-state index in [2.05, 4.69) is 52.1 Å². The Morgan fingerprint density at radius 2 is 1.86 bits per heavy atom. The Bertz CT molecular complexity index is 1200. The molecule has 1 fully saturated rings. The molecule has 0 amide bonds. The first-order chi connectivity index (χ1) is 14.2. The van der Waals surface area contributed by atoms with Gasteiger partial charge in [0.15, 0.2) is 0 Å². The van der Waals surface area contributed by atoms with E-state index in [-0.39, 0.29) is 6.42 Å². The van der Waals surface area contributed by atoms with Gasteiger partial charge in [-0.2, -0.15) is 0 Å². The van der Waals surface area contributed by atoms with Crippen molar-refractivity contribution in [3.63, 3.8) is 0 Å². The van der Waals surface area contributed by atoms with Crippen LogP contribution in [0, 0.1) is 5.92 Å². The van der Waals surface area contributed by atoms with Crippen LogP contribution in [0.1, 0.15) is 31.2 Å². The number of carbonyl (C=O) groups is 1. The molecule has 2 aromatic carbocycles. The minimum atomic E-state index is -0.785. The summed E-state index contributed by atoms with van der Waals surface area (Å²) in [6.07, 6.45) is 9.09. The van der Waals surface area contributed by atoms with Gasteiger partial charge in [-0.1, -0.05) is 31.0 Å². The van der Waals surface area contributed by atoms with Crippen molar-refractivity contribution in [2.24, 2.45) is 5.92 Å². The van der Waals surface area contributed by atoms with Gasteiger partial charge in [0.05, 0.1) is 11.9 Å². The lowest BCUT2D eigenvalue weighted by Crippen LogP contribution is -2.06. The van der Waals surface area contributed by atoms with Gasteiger partial charge in [-0.3, -0.25) is 9.78 Å². The molecule has 0 bridgehead atoms. The standard InChI is InChI=1S/C25H24N2O2/c28-25(29)14-21-16-27(15-17-4-1-2-5-17)24-10-8-19(13-22(21)24)18-7-9-23-20(12-18)6-3-11-26-23/h3,6-13,16-17H,1-2,4-5,14-15H2,(H,28,29). The lowest BCUT2D eigenvalue weighted by molar-refractivity contribution is -0.136. The molecule has 0 aliphatic heterocycles. The third kappa shape index (κ3) is 3.51. The van der Waals surface area contributed by atoms with E-state index in [1.165, 1.54) is 25.7 Å². The zero-order valence-corrected chi connectivity index (χ0v) is 16.3. The number of carboxylic acids is 1. The maximum Gasteiger partial charge on any atom is 0.307 e. The van der Waals surface area contributed by atoms with Crippen molar-refractivity contribution < 1.29 is 9.90 Å². The van der Waals surface area contributed by atoms with Crippen LogP contribution in [-0.4, -0.2) is 20.6 Å². The van der Waals surface area contributed by atoms with E-state index in [1.807, 2.05) is 12.1 Å². The number of hydrogen-bond donors (Lipinski definition) is 1. The molecule has 0 unspecified atom stereocenters. The van der Waals surface area contributed by atoms with Crippen LogP contribution in [0.2, 0.25) is 0 Å². The molecule has 5 rings (SSSR count). The van der Waals surface area contributed by atoms with Gasteiger partial charge in [0, 0.05) is 35.2 Å². The molecule has 2 aromatic heterocycles. The molecule has 0 saturated heterocycles. The van der Waals surface area contributed by atoms with Crippen molar-refractivity contribution in [2.75, 3.05) is 0 Å². The summed E-state index contributed by atoms with van der Waals surface area (Å²) in [6.45, 7) is 0.983. The largest absolute Gasteiger partial charge is 0.481 e. The topological polar surface area (TPSA) is 55.1 Å². The van der Waals surface area contributed by atoms with Crippen molar-refractivity contribution in [2.45, 2.75) is 38.6 Å². The first-order valence-corrected chi connectivity index (χ1v) is 10.4. The van der Waals surface area contributed by atoms with Crippen LogP contribution in [0.15, 0.2) is 60.9 Å². The molecule has 0 atom stereocenters. The fourth-order valence-electron chi connectivity index (χ4n) is 4.73. The zero-order valence-electron chi connectivity index (χ0n) is 16.3. The van der Waals surface area contributed by atoms with E-state index in [0.29, 0.717) is 5.92 Å². The Morgan fingerprint density at radius 1 is 1.07 bits per heavy atom. The average molecular weight is 384 g/mol. The van der Waals surface area contributed by atoms with Crippen molar-refractivity contribution in [1.82, 2.24) is 9.55 Å². The quantitative estimate of drug-likeness (QED) is 0.482. The summed E-state index contributed by atoms with van der Waals surface area (Å²) >= 11 is 0. The second-order valence-corrected chi connectivity index (χ2v) is 8.17. The van der Waals surface area contributed by atoms with E-state index >= 15 is 0 Å². The van der Waals surface area contributed by atoms with Gasteiger partial charge in [-0.05, 0) is 65.8 Å². The number of aromatic nitrogens is 2. The van der Waals surface area contributed by atoms with Gasteiger partial charge >= 0.3 is 5.97 Å². The highest BCUT2D eigenvalue weighted by Crippen LogP contribution is 2.32. The monoisotopic (exact) mass is 384 g/mol. The maximum atomic E-state index is 11.5. The minimum Gasteiger partial charge on any atom is -0.481 e. The van der Waals surface area contributed by atoms with Crippen molar-refractivity contribution >= 4 is 27.8 Å². The van der Waals surface area contributed by atoms with Crippen LogP contribution in [0.4, 0.5) is 0 Å². The molecule has 29 heavy (non-hydrogen) atoms. The summed E-state index contributed by atoms with van der Waals surface area (Å²) in [4.78, 5) is 15.8. The van der Waals surface area contributed by atoms with Gasteiger partial charge in [0.2, 0.25) is 0 Å². The molecule has 1 N–H and O–H groups in total. The molecule has 1 aliphatic rings. The van der Waals surface area contributed by atoms with Gasteiger partial charge in [0.1, 0.15) is 0 Å². The molecule has 1 aliphatic carbocycles. The highest BCUT2D eigenvalue weighted by atomic mass is 16.4. The van der Waals surface area contributed by atoms with Crippen LogP contribution in [0.25, 0.3) is 32.9 Å². The lowest BCUT2D eigenvalue weighted by Gasteiger charge is -2.12. The van der Waals surface area contributed by atoms with E-state index in [9.17, 15) is 9.90 Å². The number of aliphatic carboxylic acids is 1. The summed E-state index contributed by atoms with van der Waals surface area (Å²) < 4.78 is 2.28. The SMILES string of the molecule is O=C(O)Cc1cn(CC2CCCC2)c2ccc(-c3ccc4ncccc4c3)cc12. The Hall–Kier alpha value is -3.14. The molecule has 146 valence electrons. The van der Waals surface area contributed by atoms with Crippen LogP contribution >= 0.6 is 0 Å². The summed E-state index contributed by atoms with van der Waals surface area (Å²) in [5.74, 6) is -0.0805. The average Bonchev–Trinajstić information content (AvgIpc) is 3.36. The third-order valence-corrected chi connectivity index (χ3v) is 6.17. The number of benzene rings is 2. The number of rotatable bonds is 5. The van der Waals surface area contributed by atoms with Gasteiger partial charge < -0.3 is 9.67 Å².